The zero-order chi connectivity index (χ0) is 18.8. The number of aryl methyl sites for hydroxylation is 1. The van der Waals surface area contributed by atoms with Gasteiger partial charge in [-0.25, -0.2) is 0 Å². The fourth-order valence-corrected chi connectivity index (χ4v) is 3.84. The Hall–Kier alpha value is -2.62. The van der Waals surface area contributed by atoms with Gasteiger partial charge in [-0.15, -0.1) is 0 Å². The lowest BCUT2D eigenvalue weighted by Gasteiger charge is -2.30. The monoisotopic (exact) mass is 362 g/mol. The highest BCUT2D eigenvalue weighted by Gasteiger charge is 2.35. The summed E-state index contributed by atoms with van der Waals surface area (Å²) in [6.45, 7) is 2.88. The lowest BCUT2D eigenvalue weighted by atomic mass is 9.97. The minimum atomic E-state index is 0.0213. The molecular weight excluding hydrogens is 336 g/mol. The Balaban J connectivity index is 1.42. The molecule has 1 saturated carbocycles. The molecule has 4 rings (SSSR count). The van der Waals surface area contributed by atoms with E-state index in [1.54, 1.807) is 0 Å². The van der Waals surface area contributed by atoms with E-state index in [4.69, 9.17) is 0 Å². The molecule has 2 aliphatic rings. The van der Waals surface area contributed by atoms with Gasteiger partial charge in [-0.2, -0.15) is 0 Å². The van der Waals surface area contributed by atoms with Crippen molar-refractivity contribution in [3.8, 4) is 0 Å². The summed E-state index contributed by atoms with van der Waals surface area (Å²) in [7, 11) is 0. The number of amides is 2. The molecule has 1 aliphatic carbocycles. The molecule has 1 fully saturated rings. The number of carbonyl (C=O) groups is 2. The van der Waals surface area contributed by atoms with Crippen LogP contribution in [0.15, 0.2) is 48.5 Å². The molecule has 1 heterocycles. The first-order chi connectivity index (χ1) is 13.1. The van der Waals surface area contributed by atoms with Gasteiger partial charge in [-0.1, -0.05) is 37.3 Å². The second-order valence-corrected chi connectivity index (χ2v) is 7.78. The number of carbonyl (C=O) groups excluding carboxylic acids is 2. The van der Waals surface area contributed by atoms with Crippen LogP contribution in [0.4, 0.5) is 11.4 Å². The van der Waals surface area contributed by atoms with E-state index >= 15 is 0 Å². The summed E-state index contributed by atoms with van der Waals surface area (Å²) >= 11 is 0. The third kappa shape index (κ3) is 4.05. The van der Waals surface area contributed by atoms with Crippen molar-refractivity contribution in [3.05, 3.63) is 59.7 Å². The second-order valence-electron chi connectivity index (χ2n) is 7.78. The van der Waals surface area contributed by atoms with E-state index in [0.717, 1.165) is 49.2 Å². The van der Waals surface area contributed by atoms with Gasteiger partial charge in [0.2, 0.25) is 11.8 Å². The number of benzene rings is 2. The van der Waals surface area contributed by atoms with Crippen LogP contribution in [-0.2, 0) is 16.0 Å². The quantitative estimate of drug-likeness (QED) is 0.851. The molecule has 0 aromatic heterocycles. The molecule has 0 spiro atoms. The van der Waals surface area contributed by atoms with E-state index in [2.05, 4.69) is 24.4 Å². The van der Waals surface area contributed by atoms with Gasteiger partial charge < -0.3 is 10.2 Å². The number of nitrogens with zero attached hydrogens (tertiary/aromatic N) is 1. The molecular formula is C23H26N2O2. The van der Waals surface area contributed by atoms with Crippen molar-refractivity contribution in [2.75, 3.05) is 16.8 Å². The topological polar surface area (TPSA) is 49.4 Å². The SMILES string of the molecule is CC(CC(=O)Nc1ccc2c(c1)CCCN2C(=O)C1CC1)c1ccccc1. The summed E-state index contributed by atoms with van der Waals surface area (Å²) in [5.74, 6) is 0.697. The minimum Gasteiger partial charge on any atom is -0.326 e. The third-order valence-corrected chi connectivity index (χ3v) is 5.53. The predicted molar refractivity (Wildman–Crippen MR) is 108 cm³/mol. The summed E-state index contributed by atoms with van der Waals surface area (Å²) in [5, 5.41) is 3.03. The summed E-state index contributed by atoms with van der Waals surface area (Å²) in [5.41, 5.74) is 4.17. The van der Waals surface area contributed by atoms with Gasteiger partial charge in [0.15, 0.2) is 0 Å². The maximum absolute atomic E-state index is 12.5. The maximum atomic E-state index is 12.5. The first kappa shape index (κ1) is 17.8. The van der Waals surface area contributed by atoms with Crippen LogP contribution < -0.4 is 10.2 Å². The van der Waals surface area contributed by atoms with Crippen LogP contribution in [-0.4, -0.2) is 18.4 Å². The normalized spacial score (nSPS) is 17.1. The first-order valence-electron chi connectivity index (χ1n) is 9.91. The summed E-state index contributed by atoms with van der Waals surface area (Å²) in [6, 6.07) is 16.1. The third-order valence-electron chi connectivity index (χ3n) is 5.53. The van der Waals surface area contributed by atoms with E-state index in [1.165, 1.54) is 5.56 Å². The molecule has 0 radical (unpaired) electrons. The Bertz CT molecular complexity index is 843. The standard InChI is InChI=1S/C23H26N2O2/c1-16(17-6-3-2-4-7-17)14-22(26)24-20-11-12-21-19(15-20)8-5-13-25(21)23(27)18-9-10-18/h2-4,6-7,11-12,15-16,18H,5,8-10,13-14H2,1H3,(H,24,26). The highest BCUT2D eigenvalue weighted by atomic mass is 16.2. The lowest BCUT2D eigenvalue weighted by molar-refractivity contribution is -0.120. The number of nitrogens with one attached hydrogen (secondary N) is 1. The second kappa shape index (κ2) is 7.55. The van der Waals surface area contributed by atoms with Crippen molar-refractivity contribution in [1.29, 1.82) is 0 Å². The van der Waals surface area contributed by atoms with Gasteiger partial charge in [0.1, 0.15) is 0 Å². The molecule has 0 bridgehead atoms. The van der Waals surface area contributed by atoms with Crippen molar-refractivity contribution < 1.29 is 9.59 Å². The molecule has 1 N–H and O–H groups in total. The van der Waals surface area contributed by atoms with E-state index in [1.807, 2.05) is 41.3 Å². The average Bonchev–Trinajstić information content (AvgIpc) is 3.52. The maximum Gasteiger partial charge on any atom is 0.230 e. The Morgan fingerprint density at radius 3 is 2.67 bits per heavy atom. The fraction of sp³-hybridized carbons (Fsp3) is 0.391. The number of rotatable bonds is 5. The molecule has 2 aromatic rings. The zero-order valence-electron chi connectivity index (χ0n) is 15.8. The summed E-state index contributed by atoms with van der Waals surface area (Å²) in [6.07, 6.45) is 4.44. The molecule has 2 amide bonds. The molecule has 1 unspecified atom stereocenters. The molecule has 4 nitrogen and oxygen atoms in total. The molecule has 140 valence electrons. The van der Waals surface area contributed by atoms with Gasteiger partial charge in [-0.05, 0) is 60.9 Å². The average molecular weight is 362 g/mol. The van der Waals surface area contributed by atoms with Crippen LogP contribution in [0.5, 0.6) is 0 Å². The molecule has 1 atom stereocenters. The summed E-state index contributed by atoms with van der Waals surface area (Å²) in [4.78, 5) is 26.9. The molecule has 4 heteroatoms. The van der Waals surface area contributed by atoms with Crippen LogP contribution in [0.2, 0.25) is 0 Å². The predicted octanol–water partition coefficient (Wildman–Crippen LogP) is 4.51. The number of hydrogen-bond acceptors (Lipinski definition) is 2. The van der Waals surface area contributed by atoms with Gasteiger partial charge >= 0.3 is 0 Å². The highest BCUT2D eigenvalue weighted by Crippen LogP contribution is 2.36. The number of anilines is 2. The first-order valence-corrected chi connectivity index (χ1v) is 9.91. The number of hydrogen-bond donors (Lipinski definition) is 1. The van der Waals surface area contributed by atoms with Crippen LogP contribution in [0.3, 0.4) is 0 Å². The van der Waals surface area contributed by atoms with Crippen molar-refractivity contribution in [1.82, 2.24) is 0 Å². The van der Waals surface area contributed by atoms with Crippen molar-refractivity contribution in [2.24, 2.45) is 5.92 Å². The number of fused-ring (bicyclic) bond motifs is 1. The van der Waals surface area contributed by atoms with E-state index < -0.39 is 0 Å². The lowest BCUT2D eigenvalue weighted by Crippen LogP contribution is -2.36. The van der Waals surface area contributed by atoms with Crippen molar-refractivity contribution in [2.45, 2.75) is 44.9 Å². The van der Waals surface area contributed by atoms with Gasteiger partial charge in [-0.3, -0.25) is 9.59 Å². The van der Waals surface area contributed by atoms with Crippen LogP contribution >= 0.6 is 0 Å². The Kier molecular flexibility index (Phi) is 4.97. The van der Waals surface area contributed by atoms with E-state index in [-0.39, 0.29) is 23.7 Å². The Morgan fingerprint density at radius 1 is 1.15 bits per heavy atom. The van der Waals surface area contributed by atoms with Gasteiger partial charge in [0, 0.05) is 30.3 Å². The van der Waals surface area contributed by atoms with Crippen molar-refractivity contribution in [3.63, 3.8) is 0 Å². The Labute approximate surface area is 160 Å². The molecule has 27 heavy (non-hydrogen) atoms. The van der Waals surface area contributed by atoms with Gasteiger partial charge in [0.25, 0.3) is 0 Å². The fourth-order valence-electron chi connectivity index (χ4n) is 3.84. The van der Waals surface area contributed by atoms with Gasteiger partial charge in [0.05, 0.1) is 0 Å². The summed E-state index contributed by atoms with van der Waals surface area (Å²) < 4.78 is 0. The Morgan fingerprint density at radius 2 is 1.93 bits per heavy atom. The molecule has 2 aromatic carbocycles. The largest absolute Gasteiger partial charge is 0.326 e. The smallest absolute Gasteiger partial charge is 0.230 e. The van der Waals surface area contributed by atoms with E-state index in [0.29, 0.717) is 6.42 Å². The van der Waals surface area contributed by atoms with Crippen LogP contribution in [0.25, 0.3) is 0 Å². The zero-order valence-corrected chi connectivity index (χ0v) is 15.8. The van der Waals surface area contributed by atoms with Crippen LogP contribution in [0.1, 0.15) is 49.7 Å². The van der Waals surface area contributed by atoms with Crippen LogP contribution in [0, 0.1) is 5.92 Å². The molecule has 1 aliphatic heterocycles. The van der Waals surface area contributed by atoms with Crippen molar-refractivity contribution >= 4 is 23.2 Å². The van der Waals surface area contributed by atoms with E-state index in [9.17, 15) is 9.59 Å². The highest BCUT2D eigenvalue weighted by molar-refractivity contribution is 5.98. The molecule has 0 saturated heterocycles. The minimum absolute atomic E-state index is 0.0213.